The molecule has 0 bridgehead atoms. The van der Waals surface area contributed by atoms with Gasteiger partial charge in [-0.15, -0.1) is 0 Å². The highest BCUT2D eigenvalue weighted by atomic mass is 32.2. The summed E-state index contributed by atoms with van der Waals surface area (Å²) in [7, 11) is -2.19. The fourth-order valence-corrected chi connectivity index (χ4v) is 3.83. The molecule has 1 aromatic carbocycles. The van der Waals surface area contributed by atoms with E-state index in [9.17, 15) is 22.8 Å². The van der Waals surface area contributed by atoms with Gasteiger partial charge in [0.2, 0.25) is 27.7 Å². The van der Waals surface area contributed by atoms with Crippen molar-refractivity contribution in [3.05, 3.63) is 35.4 Å². The summed E-state index contributed by atoms with van der Waals surface area (Å²) in [6.07, 6.45) is 1.93. The van der Waals surface area contributed by atoms with E-state index in [1.165, 1.54) is 24.4 Å². The molecule has 1 aliphatic rings. The lowest BCUT2D eigenvalue weighted by atomic mass is 9.96. The van der Waals surface area contributed by atoms with Crippen molar-refractivity contribution in [2.45, 2.75) is 32.4 Å². The van der Waals surface area contributed by atoms with Crippen LogP contribution in [-0.4, -0.2) is 73.8 Å². The van der Waals surface area contributed by atoms with Gasteiger partial charge in [0.15, 0.2) is 0 Å². The number of nitrogens with zero attached hydrogens (tertiary/aromatic N) is 2. The van der Waals surface area contributed by atoms with Crippen LogP contribution in [0.4, 0.5) is 0 Å². The number of hydrogen-bond donors (Lipinski definition) is 2. The van der Waals surface area contributed by atoms with E-state index >= 15 is 0 Å². The van der Waals surface area contributed by atoms with Gasteiger partial charge in [-0.25, -0.2) is 8.42 Å². The predicted octanol–water partition coefficient (Wildman–Crippen LogP) is -0.526. The molecule has 2 N–H and O–H groups in total. The zero-order chi connectivity index (χ0) is 21.8. The van der Waals surface area contributed by atoms with Gasteiger partial charge in [0.1, 0.15) is 5.54 Å². The lowest BCUT2D eigenvalue weighted by Gasteiger charge is -2.44. The minimum absolute atomic E-state index is 0.175. The minimum Gasteiger partial charge on any atom is -0.350 e. The number of benzene rings is 1. The fourth-order valence-electron chi connectivity index (χ4n) is 3.00. The van der Waals surface area contributed by atoms with Gasteiger partial charge in [0.25, 0.3) is 0 Å². The Morgan fingerprint density at radius 2 is 1.72 bits per heavy atom. The summed E-state index contributed by atoms with van der Waals surface area (Å²) in [6, 6.07) is 7.85. The first-order chi connectivity index (χ1) is 13.5. The Balaban J connectivity index is 1.93. The number of rotatable bonds is 7. The SMILES string of the molecule is CCc1ccc(CNC(=O)CNC(=O)[C@]2(C)CN(S(C)(=O)=O)CC(=O)N2C)cc1. The van der Waals surface area contributed by atoms with Crippen LogP contribution in [0.1, 0.15) is 25.0 Å². The molecule has 2 rings (SSSR count). The van der Waals surface area contributed by atoms with E-state index in [2.05, 4.69) is 17.6 Å². The molecule has 0 radical (unpaired) electrons. The summed E-state index contributed by atoms with van der Waals surface area (Å²) in [5, 5.41) is 5.22. The van der Waals surface area contributed by atoms with Crippen LogP contribution in [0.5, 0.6) is 0 Å². The summed E-state index contributed by atoms with van der Waals surface area (Å²) in [5.41, 5.74) is 0.736. The number of piperazine rings is 1. The number of hydrogen-bond acceptors (Lipinski definition) is 5. The lowest BCUT2D eigenvalue weighted by Crippen LogP contribution is -2.68. The molecule has 0 spiro atoms. The molecule has 29 heavy (non-hydrogen) atoms. The first-order valence-electron chi connectivity index (χ1n) is 9.32. The Kier molecular flexibility index (Phi) is 7.02. The third kappa shape index (κ3) is 5.54. The van der Waals surface area contributed by atoms with Crippen molar-refractivity contribution in [3.8, 4) is 0 Å². The molecular weight excluding hydrogens is 396 g/mol. The van der Waals surface area contributed by atoms with Gasteiger partial charge in [-0.05, 0) is 24.5 Å². The highest BCUT2D eigenvalue weighted by Gasteiger charge is 2.47. The molecule has 1 saturated heterocycles. The minimum atomic E-state index is -3.64. The summed E-state index contributed by atoms with van der Waals surface area (Å²) in [5.74, 6) is -1.46. The van der Waals surface area contributed by atoms with Crippen molar-refractivity contribution in [2.24, 2.45) is 0 Å². The van der Waals surface area contributed by atoms with Crippen molar-refractivity contribution >= 4 is 27.7 Å². The van der Waals surface area contributed by atoms with Crippen LogP contribution in [0.3, 0.4) is 0 Å². The second-order valence-electron chi connectivity index (χ2n) is 7.39. The van der Waals surface area contributed by atoms with Gasteiger partial charge in [-0.2, -0.15) is 4.31 Å². The van der Waals surface area contributed by atoms with Crippen molar-refractivity contribution in [1.82, 2.24) is 19.8 Å². The maximum Gasteiger partial charge on any atom is 0.247 e. The molecule has 1 fully saturated rings. The van der Waals surface area contributed by atoms with Gasteiger partial charge in [-0.3, -0.25) is 14.4 Å². The molecule has 3 amide bonds. The highest BCUT2D eigenvalue weighted by molar-refractivity contribution is 7.88. The fraction of sp³-hybridized carbons (Fsp3) is 0.526. The standard InChI is InChI=1S/C19H28N4O5S/c1-5-14-6-8-15(9-7-14)10-20-16(24)11-21-18(26)19(2)13-23(29(4,27)28)12-17(25)22(19)3/h6-9H,5,10-13H2,1-4H3,(H,20,24)(H,21,26)/t19-/m0/s1. The second-order valence-corrected chi connectivity index (χ2v) is 9.37. The summed E-state index contributed by atoms with van der Waals surface area (Å²) in [6.45, 7) is 3.11. The summed E-state index contributed by atoms with van der Waals surface area (Å²) in [4.78, 5) is 38.2. The zero-order valence-electron chi connectivity index (χ0n) is 17.2. The largest absolute Gasteiger partial charge is 0.350 e. The Morgan fingerprint density at radius 3 is 2.28 bits per heavy atom. The van der Waals surface area contributed by atoms with Gasteiger partial charge in [0, 0.05) is 20.1 Å². The van der Waals surface area contributed by atoms with Crippen molar-refractivity contribution in [1.29, 1.82) is 0 Å². The third-order valence-corrected chi connectivity index (χ3v) is 6.40. The van der Waals surface area contributed by atoms with E-state index in [-0.39, 0.29) is 25.5 Å². The Hall–Kier alpha value is -2.46. The van der Waals surface area contributed by atoms with Crippen LogP contribution in [0.25, 0.3) is 0 Å². The Bertz CT molecular complexity index is 884. The van der Waals surface area contributed by atoms with Crippen LogP contribution >= 0.6 is 0 Å². The number of likely N-dealkylation sites (N-methyl/N-ethyl adjacent to an activating group) is 1. The van der Waals surface area contributed by atoms with Crippen LogP contribution in [0.2, 0.25) is 0 Å². The molecule has 1 aromatic rings. The summed E-state index contributed by atoms with van der Waals surface area (Å²) >= 11 is 0. The number of carbonyl (C=O) groups excluding carboxylic acids is 3. The molecule has 10 heteroatoms. The van der Waals surface area contributed by atoms with E-state index < -0.39 is 27.4 Å². The number of sulfonamides is 1. The molecule has 1 atom stereocenters. The molecule has 0 saturated carbocycles. The van der Waals surface area contributed by atoms with Crippen LogP contribution < -0.4 is 10.6 Å². The first kappa shape index (κ1) is 22.8. The van der Waals surface area contributed by atoms with Gasteiger partial charge >= 0.3 is 0 Å². The van der Waals surface area contributed by atoms with E-state index in [0.717, 1.165) is 22.5 Å². The number of aryl methyl sites for hydroxylation is 1. The maximum absolute atomic E-state index is 12.7. The quantitative estimate of drug-likeness (QED) is 0.611. The van der Waals surface area contributed by atoms with Crippen molar-refractivity contribution in [3.63, 3.8) is 0 Å². The molecule has 9 nitrogen and oxygen atoms in total. The average molecular weight is 425 g/mol. The molecule has 0 aliphatic carbocycles. The van der Waals surface area contributed by atoms with Gasteiger partial charge < -0.3 is 15.5 Å². The third-order valence-electron chi connectivity index (χ3n) is 5.20. The number of nitrogens with one attached hydrogen (secondary N) is 2. The lowest BCUT2D eigenvalue weighted by molar-refractivity contribution is -0.150. The smallest absolute Gasteiger partial charge is 0.247 e. The topological polar surface area (TPSA) is 116 Å². The number of carbonyl (C=O) groups is 3. The molecule has 1 heterocycles. The highest BCUT2D eigenvalue weighted by Crippen LogP contribution is 2.22. The van der Waals surface area contributed by atoms with Crippen LogP contribution in [0.15, 0.2) is 24.3 Å². The summed E-state index contributed by atoms with van der Waals surface area (Å²) < 4.78 is 24.6. The van der Waals surface area contributed by atoms with Crippen molar-refractivity contribution in [2.75, 3.05) is 32.9 Å². The second kappa shape index (κ2) is 8.91. The average Bonchev–Trinajstić information content (AvgIpc) is 2.67. The molecule has 160 valence electrons. The van der Waals surface area contributed by atoms with Gasteiger partial charge in [-0.1, -0.05) is 31.2 Å². The van der Waals surface area contributed by atoms with Gasteiger partial charge in [0.05, 0.1) is 19.3 Å². The van der Waals surface area contributed by atoms with Crippen molar-refractivity contribution < 1.29 is 22.8 Å². The van der Waals surface area contributed by atoms with Crippen LogP contribution in [0, 0.1) is 0 Å². The van der Waals surface area contributed by atoms with E-state index in [1.807, 2.05) is 24.3 Å². The van der Waals surface area contributed by atoms with Crippen LogP contribution in [-0.2, 0) is 37.4 Å². The molecule has 0 aromatic heterocycles. The Morgan fingerprint density at radius 1 is 1.14 bits per heavy atom. The zero-order valence-corrected chi connectivity index (χ0v) is 18.0. The monoisotopic (exact) mass is 424 g/mol. The first-order valence-corrected chi connectivity index (χ1v) is 11.2. The Labute approximate surface area is 171 Å². The normalized spacial score (nSPS) is 20.4. The molecule has 1 aliphatic heterocycles. The number of amides is 3. The maximum atomic E-state index is 12.7. The van der Waals surface area contributed by atoms with E-state index in [0.29, 0.717) is 6.54 Å². The van der Waals surface area contributed by atoms with E-state index in [4.69, 9.17) is 0 Å². The predicted molar refractivity (Wildman–Crippen MR) is 108 cm³/mol. The van der Waals surface area contributed by atoms with E-state index in [1.54, 1.807) is 0 Å². The molecular formula is C19H28N4O5S. The molecule has 0 unspecified atom stereocenters.